The topological polar surface area (TPSA) is 40.9 Å². The molecular formula is C10H12NOS. The molecule has 2 nitrogen and oxygen atoms in total. The molecule has 0 spiro atoms. The molecule has 0 fully saturated rings. The third-order valence-corrected chi connectivity index (χ3v) is 2.71. The number of benzene rings is 1. The number of rotatable bonds is 5. The maximum absolute atomic E-state index is 10.1. The predicted molar refractivity (Wildman–Crippen MR) is 55.6 cm³/mol. The van der Waals surface area contributed by atoms with Gasteiger partial charge in [0, 0.05) is 11.5 Å². The largest absolute Gasteiger partial charge is 0.302 e. The summed E-state index contributed by atoms with van der Waals surface area (Å²) in [5, 5.41) is 0. The Morgan fingerprint density at radius 3 is 2.69 bits per heavy atom. The Morgan fingerprint density at radius 2 is 2.08 bits per heavy atom. The highest BCUT2D eigenvalue weighted by molar-refractivity contribution is 7.98. The predicted octanol–water partition coefficient (Wildman–Crippen LogP) is 1.77. The normalized spacial score (nSPS) is 12.4. The van der Waals surface area contributed by atoms with Gasteiger partial charge in [-0.15, -0.1) is 0 Å². The molecule has 1 radical (unpaired) electrons. The molecule has 0 saturated carbocycles. The van der Waals surface area contributed by atoms with E-state index in [0.29, 0.717) is 12.0 Å². The molecule has 0 aromatic heterocycles. The molecule has 1 atom stereocenters. The number of hydrogen-bond acceptors (Lipinski definition) is 2. The Hall–Kier alpha value is -0.800. The van der Waals surface area contributed by atoms with Gasteiger partial charge < -0.3 is 4.79 Å². The number of carbonyl (C=O) groups is 1. The highest BCUT2D eigenvalue weighted by Gasteiger charge is 2.00. The first-order chi connectivity index (χ1) is 6.33. The SMILES string of the molecule is [NH]C(C=O)CSCc1ccccc1. The smallest absolute Gasteiger partial charge is 0.139 e. The van der Waals surface area contributed by atoms with E-state index in [-0.39, 0.29) is 0 Å². The van der Waals surface area contributed by atoms with E-state index in [1.54, 1.807) is 11.8 Å². The highest BCUT2D eigenvalue weighted by Crippen LogP contribution is 2.11. The highest BCUT2D eigenvalue weighted by atomic mass is 32.2. The van der Waals surface area contributed by atoms with Crippen molar-refractivity contribution in [3.8, 4) is 0 Å². The van der Waals surface area contributed by atoms with Crippen molar-refractivity contribution in [2.24, 2.45) is 0 Å². The Bertz CT molecular complexity index is 250. The lowest BCUT2D eigenvalue weighted by Gasteiger charge is -2.02. The van der Waals surface area contributed by atoms with E-state index in [2.05, 4.69) is 0 Å². The molecule has 0 heterocycles. The second-order valence-electron chi connectivity index (χ2n) is 2.74. The van der Waals surface area contributed by atoms with Crippen molar-refractivity contribution >= 4 is 18.0 Å². The van der Waals surface area contributed by atoms with E-state index in [1.807, 2.05) is 30.3 Å². The summed E-state index contributed by atoms with van der Waals surface area (Å²) in [6.07, 6.45) is 0.679. The lowest BCUT2D eigenvalue weighted by molar-refractivity contribution is -0.108. The summed E-state index contributed by atoms with van der Waals surface area (Å²) in [5.41, 5.74) is 8.44. The molecular weight excluding hydrogens is 182 g/mol. The number of aldehydes is 1. The Morgan fingerprint density at radius 1 is 1.38 bits per heavy atom. The van der Waals surface area contributed by atoms with Crippen LogP contribution in [0.4, 0.5) is 0 Å². The minimum absolute atomic E-state index is 0.575. The van der Waals surface area contributed by atoms with Crippen LogP contribution in [0.15, 0.2) is 30.3 Å². The van der Waals surface area contributed by atoms with Gasteiger partial charge in [-0.25, -0.2) is 5.73 Å². The van der Waals surface area contributed by atoms with Gasteiger partial charge in [-0.2, -0.15) is 11.8 Å². The first kappa shape index (κ1) is 10.3. The van der Waals surface area contributed by atoms with E-state index in [9.17, 15) is 4.79 Å². The van der Waals surface area contributed by atoms with Gasteiger partial charge in [-0.1, -0.05) is 30.3 Å². The van der Waals surface area contributed by atoms with Gasteiger partial charge in [0.25, 0.3) is 0 Å². The molecule has 1 unspecified atom stereocenters. The van der Waals surface area contributed by atoms with Crippen LogP contribution >= 0.6 is 11.8 Å². The third-order valence-electron chi connectivity index (χ3n) is 1.57. The molecule has 69 valence electrons. The van der Waals surface area contributed by atoms with E-state index >= 15 is 0 Å². The quantitative estimate of drug-likeness (QED) is 0.670. The van der Waals surface area contributed by atoms with Crippen molar-refractivity contribution in [1.82, 2.24) is 5.73 Å². The van der Waals surface area contributed by atoms with Crippen LogP contribution < -0.4 is 5.73 Å². The first-order valence-corrected chi connectivity index (χ1v) is 5.26. The van der Waals surface area contributed by atoms with Crippen LogP contribution in [0, 0.1) is 0 Å². The van der Waals surface area contributed by atoms with Crippen LogP contribution in [0.5, 0.6) is 0 Å². The van der Waals surface area contributed by atoms with Crippen LogP contribution in [0.1, 0.15) is 5.56 Å². The summed E-state index contributed by atoms with van der Waals surface area (Å²) >= 11 is 1.62. The van der Waals surface area contributed by atoms with Crippen LogP contribution in [0.25, 0.3) is 0 Å². The molecule has 0 aliphatic rings. The molecule has 1 rings (SSSR count). The van der Waals surface area contributed by atoms with E-state index in [1.165, 1.54) is 5.56 Å². The van der Waals surface area contributed by atoms with Gasteiger partial charge >= 0.3 is 0 Å². The number of nitrogens with one attached hydrogen (secondary N) is 1. The minimum atomic E-state index is -0.575. The van der Waals surface area contributed by atoms with Crippen LogP contribution in [0.3, 0.4) is 0 Å². The lowest BCUT2D eigenvalue weighted by atomic mass is 10.2. The van der Waals surface area contributed by atoms with Gasteiger partial charge in [0.05, 0.1) is 6.04 Å². The van der Waals surface area contributed by atoms with E-state index in [0.717, 1.165) is 5.75 Å². The van der Waals surface area contributed by atoms with Crippen molar-refractivity contribution in [3.05, 3.63) is 35.9 Å². The van der Waals surface area contributed by atoms with Crippen molar-refractivity contribution in [3.63, 3.8) is 0 Å². The number of carbonyl (C=O) groups excluding carboxylic acids is 1. The zero-order valence-electron chi connectivity index (χ0n) is 7.27. The van der Waals surface area contributed by atoms with Gasteiger partial charge in [0.15, 0.2) is 0 Å². The van der Waals surface area contributed by atoms with Crippen molar-refractivity contribution in [1.29, 1.82) is 0 Å². The summed E-state index contributed by atoms with van der Waals surface area (Å²) in [5.74, 6) is 1.46. The van der Waals surface area contributed by atoms with Gasteiger partial charge in [-0.3, -0.25) is 0 Å². The van der Waals surface area contributed by atoms with Gasteiger partial charge in [0.1, 0.15) is 6.29 Å². The second-order valence-corrected chi connectivity index (χ2v) is 3.77. The number of hydrogen-bond donors (Lipinski definition) is 0. The average molecular weight is 194 g/mol. The molecule has 1 N–H and O–H groups in total. The Labute approximate surface area is 82.5 Å². The Balaban J connectivity index is 2.24. The maximum Gasteiger partial charge on any atom is 0.139 e. The van der Waals surface area contributed by atoms with E-state index in [4.69, 9.17) is 5.73 Å². The van der Waals surface area contributed by atoms with Gasteiger partial charge in [0.2, 0.25) is 0 Å². The lowest BCUT2D eigenvalue weighted by Crippen LogP contribution is -2.13. The van der Waals surface area contributed by atoms with Crippen LogP contribution in [-0.2, 0) is 10.5 Å². The summed E-state index contributed by atoms with van der Waals surface area (Å²) < 4.78 is 0. The molecule has 0 aliphatic heterocycles. The fourth-order valence-electron chi connectivity index (χ4n) is 0.917. The van der Waals surface area contributed by atoms with Gasteiger partial charge in [-0.05, 0) is 5.56 Å². The fourth-order valence-corrected chi connectivity index (χ4v) is 1.80. The molecule has 3 heteroatoms. The molecule has 1 aromatic rings. The van der Waals surface area contributed by atoms with E-state index < -0.39 is 6.04 Å². The monoisotopic (exact) mass is 194 g/mol. The third kappa shape index (κ3) is 4.10. The minimum Gasteiger partial charge on any atom is -0.302 e. The number of thioether (sulfide) groups is 1. The summed E-state index contributed by atoms with van der Waals surface area (Å²) in [4.78, 5) is 10.1. The zero-order chi connectivity index (χ0) is 9.52. The standard InChI is InChI=1S/C10H12NOS/c11-10(6-12)8-13-7-9-4-2-1-3-5-9/h1-6,10-11H,7-8H2. The molecule has 13 heavy (non-hydrogen) atoms. The summed E-state index contributed by atoms with van der Waals surface area (Å²) in [7, 11) is 0. The molecule has 1 aromatic carbocycles. The molecule has 0 amide bonds. The maximum atomic E-state index is 10.1. The Kier molecular flexibility index (Phi) is 4.57. The average Bonchev–Trinajstić information content (AvgIpc) is 2.19. The van der Waals surface area contributed by atoms with Crippen molar-refractivity contribution in [2.45, 2.75) is 11.8 Å². The van der Waals surface area contributed by atoms with Crippen LogP contribution in [0.2, 0.25) is 0 Å². The fraction of sp³-hybridized carbons (Fsp3) is 0.300. The molecule has 0 bridgehead atoms. The first-order valence-electron chi connectivity index (χ1n) is 4.11. The molecule has 0 saturated heterocycles. The zero-order valence-corrected chi connectivity index (χ0v) is 8.09. The summed E-state index contributed by atoms with van der Waals surface area (Å²) in [6.45, 7) is 0. The van der Waals surface area contributed by atoms with Crippen molar-refractivity contribution < 1.29 is 4.79 Å². The van der Waals surface area contributed by atoms with Crippen molar-refractivity contribution in [2.75, 3.05) is 5.75 Å². The van der Waals surface area contributed by atoms with Crippen LogP contribution in [-0.4, -0.2) is 18.1 Å². The molecule has 0 aliphatic carbocycles. The summed E-state index contributed by atoms with van der Waals surface area (Å²) in [6, 6.07) is 9.49. The second kappa shape index (κ2) is 5.78.